The first-order valence-corrected chi connectivity index (χ1v) is 9.18. The lowest BCUT2D eigenvalue weighted by atomic mass is 10.1. The number of nitrogens with one attached hydrogen (secondary N) is 2. The second-order valence-electron chi connectivity index (χ2n) is 5.93. The highest BCUT2D eigenvalue weighted by Crippen LogP contribution is 2.37. The molecule has 0 saturated carbocycles. The van der Waals surface area contributed by atoms with E-state index in [9.17, 15) is 9.59 Å². The molecule has 0 spiro atoms. The van der Waals surface area contributed by atoms with Gasteiger partial charge in [0.25, 0.3) is 0 Å². The van der Waals surface area contributed by atoms with Crippen molar-refractivity contribution in [1.29, 1.82) is 0 Å². The number of ether oxygens (including phenoxy) is 2. The van der Waals surface area contributed by atoms with Gasteiger partial charge in [-0.15, -0.1) is 0 Å². The zero-order chi connectivity index (χ0) is 19.1. The van der Waals surface area contributed by atoms with Gasteiger partial charge in [-0.05, 0) is 31.5 Å². The second-order valence-corrected chi connectivity index (χ2v) is 6.33. The predicted octanol–water partition coefficient (Wildman–Crippen LogP) is 1.57. The van der Waals surface area contributed by atoms with Gasteiger partial charge in [0, 0.05) is 26.7 Å². The number of hydrogen-bond donors (Lipinski definition) is 2. The van der Waals surface area contributed by atoms with Crippen molar-refractivity contribution in [2.45, 2.75) is 32.9 Å². The second kappa shape index (κ2) is 9.64. The van der Waals surface area contributed by atoms with Crippen LogP contribution in [0.4, 0.5) is 0 Å². The molecular weight excluding hydrogens is 358 g/mol. The van der Waals surface area contributed by atoms with Crippen LogP contribution in [0, 0.1) is 0 Å². The number of rotatable bonds is 8. The zero-order valence-corrected chi connectivity index (χ0v) is 16.2. The summed E-state index contributed by atoms with van der Waals surface area (Å²) in [5.41, 5.74) is 0.901. The Morgan fingerprint density at radius 3 is 2.73 bits per heavy atom. The van der Waals surface area contributed by atoms with Gasteiger partial charge in [-0.2, -0.15) is 0 Å². The van der Waals surface area contributed by atoms with Crippen molar-refractivity contribution in [1.82, 2.24) is 15.5 Å². The van der Waals surface area contributed by atoms with Crippen molar-refractivity contribution in [3.8, 4) is 11.5 Å². The van der Waals surface area contributed by atoms with Gasteiger partial charge in [0.1, 0.15) is 0 Å². The maximum atomic E-state index is 12.2. The molecule has 1 aromatic rings. The van der Waals surface area contributed by atoms with Gasteiger partial charge in [0.2, 0.25) is 11.8 Å². The molecular formula is C18H26ClN3O4. The normalized spacial score (nSPS) is 17.5. The number of benzene rings is 1. The fourth-order valence-electron chi connectivity index (χ4n) is 2.95. The summed E-state index contributed by atoms with van der Waals surface area (Å²) in [6, 6.07) is 3.19. The first kappa shape index (κ1) is 20.3. The van der Waals surface area contributed by atoms with Crippen LogP contribution in [0.3, 0.4) is 0 Å². The minimum atomic E-state index is -0.510. The van der Waals surface area contributed by atoms with Crippen molar-refractivity contribution in [2.75, 3.05) is 33.4 Å². The molecule has 1 heterocycles. The quantitative estimate of drug-likeness (QED) is 0.712. The third-order valence-electron chi connectivity index (χ3n) is 4.14. The first-order valence-electron chi connectivity index (χ1n) is 8.80. The summed E-state index contributed by atoms with van der Waals surface area (Å²) in [5.74, 6) is 0.804. The Balaban J connectivity index is 2.24. The largest absolute Gasteiger partial charge is 0.490 e. The number of hydrogen-bond acceptors (Lipinski definition) is 5. The fraction of sp³-hybridized carbons (Fsp3) is 0.556. The third kappa shape index (κ3) is 5.02. The van der Waals surface area contributed by atoms with Gasteiger partial charge >= 0.3 is 0 Å². The van der Waals surface area contributed by atoms with Crippen LogP contribution in [0.2, 0.25) is 5.02 Å². The molecule has 0 aliphatic carbocycles. The molecule has 1 aromatic carbocycles. The van der Waals surface area contributed by atoms with Crippen molar-refractivity contribution in [3.05, 3.63) is 22.7 Å². The average molecular weight is 384 g/mol. The highest BCUT2D eigenvalue weighted by molar-refractivity contribution is 6.32. The number of nitrogens with zero attached hydrogens (tertiary/aromatic N) is 1. The van der Waals surface area contributed by atoms with E-state index in [0.717, 1.165) is 5.56 Å². The van der Waals surface area contributed by atoms with E-state index in [4.69, 9.17) is 21.1 Å². The Hall–Kier alpha value is -1.99. The number of carbonyl (C=O) groups is 2. The van der Waals surface area contributed by atoms with E-state index in [1.807, 2.05) is 30.9 Å². The molecule has 2 N–H and O–H groups in total. The van der Waals surface area contributed by atoms with Gasteiger partial charge in [-0.3, -0.25) is 14.5 Å². The minimum absolute atomic E-state index is 0.116. The molecule has 7 nitrogen and oxygen atoms in total. The fourth-order valence-corrected chi connectivity index (χ4v) is 3.23. The number of amides is 2. The number of halogens is 1. The highest BCUT2D eigenvalue weighted by Gasteiger charge is 2.31. The summed E-state index contributed by atoms with van der Waals surface area (Å²) in [7, 11) is 1.56. The van der Waals surface area contributed by atoms with Gasteiger partial charge in [-0.1, -0.05) is 11.6 Å². The third-order valence-corrected chi connectivity index (χ3v) is 4.42. The Morgan fingerprint density at radius 1 is 1.35 bits per heavy atom. The topological polar surface area (TPSA) is 79.9 Å². The van der Waals surface area contributed by atoms with E-state index in [-0.39, 0.29) is 18.2 Å². The zero-order valence-electron chi connectivity index (χ0n) is 15.4. The smallest absolute Gasteiger partial charge is 0.237 e. The molecule has 2 amide bonds. The number of carbonyl (C=O) groups excluding carboxylic acids is 2. The first-order chi connectivity index (χ1) is 12.5. The summed E-state index contributed by atoms with van der Waals surface area (Å²) in [6.45, 7) is 6.45. The lowest BCUT2D eigenvalue weighted by Crippen LogP contribution is -2.55. The molecule has 144 valence electrons. The van der Waals surface area contributed by atoms with Crippen LogP contribution >= 0.6 is 11.6 Å². The molecule has 8 heteroatoms. The van der Waals surface area contributed by atoms with Gasteiger partial charge in [-0.25, -0.2) is 0 Å². The minimum Gasteiger partial charge on any atom is -0.490 e. The Kier molecular flexibility index (Phi) is 7.53. The molecule has 26 heavy (non-hydrogen) atoms. The van der Waals surface area contributed by atoms with Crippen LogP contribution in [-0.4, -0.2) is 56.1 Å². The molecule has 0 aromatic heterocycles. The SMILES string of the molecule is CCOc1cc(CN2CCNC(=O)[C@H]2CC(=O)NC)cc(Cl)c1OCC. The standard InChI is InChI=1S/C18H26ClN3O4/c1-4-25-15-9-12(8-13(19)17(15)26-5-2)11-22-7-6-21-18(24)14(22)10-16(23)20-3/h8-9,14H,4-7,10-11H2,1-3H3,(H,20,23)(H,21,24)/t14-/m1/s1. The Bertz CT molecular complexity index is 654. The molecule has 2 rings (SSSR count). The predicted molar refractivity (Wildman–Crippen MR) is 99.7 cm³/mol. The van der Waals surface area contributed by atoms with Crippen LogP contribution in [0.1, 0.15) is 25.8 Å². The van der Waals surface area contributed by atoms with Gasteiger partial charge in [0.05, 0.1) is 30.7 Å². The highest BCUT2D eigenvalue weighted by atomic mass is 35.5. The molecule has 1 aliphatic rings. The van der Waals surface area contributed by atoms with E-state index >= 15 is 0 Å². The Labute approximate surface area is 159 Å². The summed E-state index contributed by atoms with van der Waals surface area (Å²) in [6.07, 6.45) is 0.116. The lowest BCUT2D eigenvalue weighted by Gasteiger charge is -2.34. The summed E-state index contributed by atoms with van der Waals surface area (Å²) in [4.78, 5) is 26.0. The lowest BCUT2D eigenvalue weighted by molar-refractivity contribution is -0.134. The van der Waals surface area contributed by atoms with E-state index in [2.05, 4.69) is 10.6 Å². The van der Waals surface area contributed by atoms with E-state index in [0.29, 0.717) is 49.4 Å². The summed E-state index contributed by atoms with van der Waals surface area (Å²) in [5, 5.41) is 5.85. The van der Waals surface area contributed by atoms with Crippen LogP contribution in [0.15, 0.2) is 12.1 Å². The van der Waals surface area contributed by atoms with Crippen LogP contribution < -0.4 is 20.1 Å². The van der Waals surface area contributed by atoms with Crippen LogP contribution in [0.25, 0.3) is 0 Å². The van der Waals surface area contributed by atoms with Gasteiger partial charge < -0.3 is 20.1 Å². The monoisotopic (exact) mass is 383 g/mol. The van der Waals surface area contributed by atoms with Crippen LogP contribution in [0.5, 0.6) is 11.5 Å². The van der Waals surface area contributed by atoms with Crippen molar-refractivity contribution >= 4 is 23.4 Å². The molecule has 0 radical (unpaired) electrons. The van der Waals surface area contributed by atoms with Crippen molar-refractivity contribution in [2.24, 2.45) is 0 Å². The Morgan fingerprint density at radius 2 is 2.08 bits per heavy atom. The molecule has 0 unspecified atom stereocenters. The molecule has 1 fully saturated rings. The molecule has 0 bridgehead atoms. The molecule has 1 saturated heterocycles. The van der Waals surface area contributed by atoms with E-state index in [1.54, 1.807) is 7.05 Å². The van der Waals surface area contributed by atoms with Gasteiger partial charge in [0.15, 0.2) is 11.5 Å². The maximum absolute atomic E-state index is 12.2. The van der Waals surface area contributed by atoms with E-state index in [1.165, 1.54) is 0 Å². The van der Waals surface area contributed by atoms with E-state index < -0.39 is 6.04 Å². The maximum Gasteiger partial charge on any atom is 0.237 e. The summed E-state index contributed by atoms with van der Waals surface area (Å²) >= 11 is 6.37. The molecule has 1 aliphatic heterocycles. The number of piperazine rings is 1. The van der Waals surface area contributed by atoms with Crippen LogP contribution in [-0.2, 0) is 16.1 Å². The van der Waals surface area contributed by atoms with Crippen molar-refractivity contribution < 1.29 is 19.1 Å². The summed E-state index contributed by atoms with van der Waals surface area (Å²) < 4.78 is 11.2. The molecule has 1 atom stereocenters. The van der Waals surface area contributed by atoms with Crippen molar-refractivity contribution in [3.63, 3.8) is 0 Å². The average Bonchev–Trinajstić information content (AvgIpc) is 2.61.